The fourth-order valence-electron chi connectivity index (χ4n) is 2.50. The van der Waals surface area contributed by atoms with Crippen molar-refractivity contribution in [2.45, 2.75) is 0 Å². The Morgan fingerprint density at radius 1 is 1.07 bits per heavy atom. The van der Waals surface area contributed by atoms with Gasteiger partial charge in [-0.15, -0.1) is 11.3 Å². The summed E-state index contributed by atoms with van der Waals surface area (Å²) in [7, 11) is 0. The van der Waals surface area contributed by atoms with Crippen molar-refractivity contribution in [3.05, 3.63) is 77.2 Å². The van der Waals surface area contributed by atoms with Crippen LogP contribution in [0.25, 0.3) is 22.2 Å². The van der Waals surface area contributed by atoms with E-state index in [0.717, 1.165) is 19.9 Å². The molecule has 0 fully saturated rings. The van der Waals surface area contributed by atoms with E-state index >= 15 is 0 Å². The zero-order chi connectivity index (χ0) is 19.7. The molecule has 28 heavy (non-hydrogen) atoms. The van der Waals surface area contributed by atoms with E-state index in [1.807, 2.05) is 36.4 Å². The first-order chi connectivity index (χ1) is 13.5. The van der Waals surface area contributed by atoms with Crippen molar-refractivity contribution in [1.82, 2.24) is 4.98 Å². The van der Waals surface area contributed by atoms with Crippen LogP contribution in [0.4, 0.5) is 5.13 Å². The van der Waals surface area contributed by atoms with E-state index in [1.165, 1.54) is 11.3 Å². The van der Waals surface area contributed by atoms with Gasteiger partial charge in [-0.1, -0.05) is 44.0 Å². The molecule has 4 aromatic rings. The molecule has 0 saturated carbocycles. The quantitative estimate of drug-likeness (QED) is 0.166. The number of halogens is 3. The van der Waals surface area contributed by atoms with Crippen LogP contribution in [-0.2, 0) is 0 Å². The molecule has 0 unspecified atom stereocenters. The van der Waals surface area contributed by atoms with E-state index < -0.39 is 5.63 Å². The highest BCUT2D eigenvalue weighted by Crippen LogP contribution is 2.31. The zero-order valence-electron chi connectivity index (χ0n) is 13.9. The highest BCUT2D eigenvalue weighted by Gasteiger charge is 2.13. The molecule has 0 aliphatic rings. The lowest BCUT2D eigenvalue weighted by atomic mass is 10.1. The van der Waals surface area contributed by atoms with Gasteiger partial charge in [-0.3, -0.25) is 5.43 Å². The van der Waals surface area contributed by atoms with Crippen LogP contribution in [0.3, 0.4) is 0 Å². The minimum absolute atomic E-state index is 0.402. The van der Waals surface area contributed by atoms with E-state index in [9.17, 15) is 4.79 Å². The molecule has 0 bridgehead atoms. The lowest BCUT2D eigenvalue weighted by Crippen LogP contribution is -2.03. The van der Waals surface area contributed by atoms with Crippen LogP contribution in [0.1, 0.15) is 5.56 Å². The molecule has 4 rings (SSSR count). The largest absolute Gasteiger partial charge is 0.421 e. The smallest absolute Gasteiger partial charge is 0.345 e. The van der Waals surface area contributed by atoms with Gasteiger partial charge in [0.2, 0.25) is 5.13 Å². The van der Waals surface area contributed by atoms with Crippen LogP contribution in [0.5, 0.6) is 0 Å². The number of hydrogen-bond acceptors (Lipinski definition) is 6. The van der Waals surface area contributed by atoms with E-state index in [0.29, 0.717) is 26.4 Å². The first-order valence-corrected chi connectivity index (χ1v) is 11.2. The van der Waals surface area contributed by atoms with Crippen molar-refractivity contribution in [3.8, 4) is 11.3 Å². The maximum absolute atomic E-state index is 12.4. The Morgan fingerprint density at radius 2 is 1.86 bits per heavy atom. The molecule has 9 heteroatoms. The second-order valence-corrected chi connectivity index (χ2v) is 9.26. The van der Waals surface area contributed by atoms with Crippen LogP contribution in [-0.4, -0.2) is 11.2 Å². The third-order valence-electron chi connectivity index (χ3n) is 3.78. The van der Waals surface area contributed by atoms with E-state index in [4.69, 9.17) is 4.42 Å². The predicted molar refractivity (Wildman–Crippen MR) is 124 cm³/mol. The molecule has 0 spiro atoms. The van der Waals surface area contributed by atoms with Crippen molar-refractivity contribution in [3.63, 3.8) is 0 Å². The topological polar surface area (TPSA) is 67.5 Å². The summed E-state index contributed by atoms with van der Waals surface area (Å²) in [6, 6.07) is 13.3. The molecule has 0 saturated heterocycles. The molecule has 2 heterocycles. The summed E-state index contributed by atoms with van der Waals surface area (Å²) < 4.78 is 8.08. The molecule has 0 radical (unpaired) electrons. The minimum atomic E-state index is -0.439. The van der Waals surface area contributed by atoms with Gasteiger partial charge < -0.3 is 4.42 Å². The Balaban J connectivity index is 1.59. The minimum Gasteiger partial charge on any atom is -0.421 e. The third-order valence-corrected chi connectivity index (χ3v) is 6.10. The normalized spacial score (nSPS) is 11.4. The summed E-state index contributed by atoms with van der Waals surface area (Å²) in [6.45, 7) is 0. The number of aromatic nitrogens is 1. The monoisotopic (exact) mass is 581 g/mol. The maximum Gasteiger partial charge on any atom is 0.345 e. The Kier molecular flexibility index (Phi) is 5.77. The molecular formula is C19H10Br3N3O2S. The van der Waals surface area contributed by atoms with Crippen LogP contribution in [0, 0.1) is 0 Å². The molecule has 1 N–H and O–H groups in total. The van der Waals surface area contributed by atoms with Gasteiger partial charge in [-0.2, -0.15) is 5.10 Å². The Morgan fingerprint density at radius 3 is 2.64 bits per heavy atom. The predicted octanol–water partition coefficient (Wildman–Crippen LogP) is 6.65. The standard InChI is InChI=1S/C19H10Br3N3O2S/c20-12-3-1-10(2-4-12)8-23-25-19-24-16(9-28-19)14-6-11-5-13(21)7-15(22)17(11)27-18(14)26/h1-9H,(H,24,25)/b23-8-. The fourth-order valence-corrected chi connectivity index (χ4v) is 4.76. The van der Waals surface area contributed by atoms with Gasteiger partial charge >= 0.3 is 5.63 Å². The Bertz CT molecular complexity index is 1250. The molecule has 2 aromatic heterocycles. The van der Waals surface area contributed by atoms with Gasteiger partial charge in [0.1, 0.15) is 0 Å². The van der Waals surface area contributed by atoms with E-state index in [2.05, 4.69) is 63.3 Å². The molecule has 2 aromatic carbocycles. The Labute approximate surface area is 188 Å². The molecule has 0 aliphatic carbocycles. The maximum atomic E-state index is 12.4. The van der Waals surface area contributed by atoms with Gasteiger partial charge in [0.15, 0.2) is 5.58 Å². The number of nitrogens with zero attached hydrogens (tertiary/aromatic N) is 2. The molecule has 0 atom stereocenters. The molecule has 140 valence electrons. The summed E-state index contributed by atoms with van der Waals surface area (Å²) in [5.74, 6) is 0. The van der Waals surface area contributed by atoms with Crippen molar-refractivity contribution < 1.29 is 4.42 Å². The third kappa shape index (κ3) is 4.27. The van der Waals surface area contributed by atoms with Crippen molar-refractivity contribution in [2.75, 3.05) is 5.43 Å². The average molecular weight is 584 g/mol. The number of rotatable bonds is 4. The second kappa shape index (κ2) is 8.28. The number of benzene rings is 2. The first kappa shape index (κ1) is 19.5. The molecular weight excluding hydrogens is 574 g/mol. The highest BCUT2D eigenvalue weighted by atomic mass is 79.9. The highest BCUT2D eigenvalue weighted by molar-refractivity contribution is 9.11. The summed E-state index contributed by atoms with van der Waals surface area (Å²) >= 11 is 11.6. The number of hydrazone groups is 1. The second-order valence-electron chi connectivity index (χ2n) is 5.71. The first-order valence-electron chi connectivity index (χ1n) is 7.93. The summed E-state index contributed by atoms with van der Waals surface area (Å²) in [5.41, 5.74) is 4.85. The SMILES string of the molecule is O=c1oc2c(Br)cc(Br)cc2cc1-c1csc(N/N=C\c2ccc(Br)cc2)n1. The van der Waals surface area contributed by atoms with Gasteiger partial charge in [0, 0.05) is 19.7 Å². The number of anilines is 1. The van der Waals surface area contributed by atoms with Crippen LogP contribution >= 0.6 is 59.1 Å². The summed E-state index contributed by atoms with van der Waals surface area (Å²) in [5, 5.41) is 7.36. The summed E-state index contributed by atoms with van der Waals surface area (Å²) in [6.07, 6.45) is 1.70. The lowest BCUT2D eigenvalue weighted by Gasteiger charge is -2.03. The molecule has 0 amide bonds. The number of fused-ring (bicyclic) bond motifs is 1. The van der Waals surface area contributed by atoms with Gasteiger partial charge in [0.25, 0.3) is 0 Å². The van der Waals surface area contributed by atoms with Gasteiger partial charge in [-0.05, 0) is 51.8 Å². The van der Waals surface area contributed by atoms with Crippen molar-refractivity contribution in [2.24, 2.45) is 5.10 Å². The van der Waals surface area contributed by atoms with Crippen LogP contribution in [0.15, 0.2) is 75.6 Å². The van der Waals surface area contributed by atoms with Crippen LogP contribution < -0.4 is 11.1 Å². The number of nitrogens with one attached hydrogen (secondary N) is 1. The van der Waals surface area contributed by atoms with E-state index in [-0.39, 0.29) is 0 Å². The average Bonchev–Trinajstić information content (AvgIpc) is 3.12. The number of hydrogen-bond donors (Lipinski definition) is 1. The lowest BCUT2D eigenvalue weighted by molar-refractivity contribution is 0.561. The molecule has 0 aliphatic heterocycles. The van der Waals surface area contributed by atoms with Crippen molar-refractivity contribution >= 4 is 81.4 Å². The van der Waals surface area contributed by atoms with Gasteiger partial charge in [0.05, 0.1) is 21.9 Å². The van der Waals surface area contributed by atoms with Crippen LogP contribution in [0.2, 0.25) is 0 Å². The molecule has 5 nitrogen and oxygen atoms in total. The fraction of sp³-hybridized carbons (Fsp3) is 0. The Hall–Kier alpha value is -1.81. The van der Waals surface area contributed by atoms with E-state index in [1.54, 1.807) is 17.7 Å². The number of thiazole rings is 1. The summed E-state index contributed by atoms with van der Waals surface area (Å²) in [4.78, 5) is 16.9. The zero-order valence-corrected chi connectivity index (χ0v) is 19.5. The van der Waals surface area contributed by atoms with Crippen molar-refractivity contribution in [1.29, 1.82) is 0 Å². The van der Waals surface area contributed by atoms with Gasteiger partial charge in [-0.25, -0.2) is 9.78 Å².